The van der Waals surface area contributed by atoms with E-state index in [0.717, 1.165) is 44.0 Å². The zero-order valence-electron chi connectivity index (χ0n) is 13.9. The SMILES string of the molecule is Cc1cnc(CN2CCC(n3cc(C4CCCC4)nn3)CC2)[nH]1. The smallest absolute Gasteiger partial charge is 0.120 e. The van der Waals surface area contributed by atoms with Crippen LogP contribution in [0.15, 0.2) is 12.4 Å². The number of likely N-dealkylation sites (tertiary alicyclic amines) is 1. The van der Waals surface area contributed by atoms with Crippen molar-refractivity contribution in [1.29, 1.82) is 0 Å². The standard InChI is InChI=1S/C17H26N6/c1-13-10-18-17(19-13)12-22-8-6-15(7-9-22)23-11-16(20-21-23)14-4-2-3-5-14/h10-11,14-15H,2-9,12H2,1H3,(H,18,19). The largest absolute Gasteiger partial charge is 0.345 e. The Morgan fingerprint density at radius 1 is 1.17 bits per heavy atom. The highest BCUT2D eigenvalue weighted by Crippen LogP contribution is 2.33. The van der Waals surface area contributed by atoms with Crippen LogP contribution in [0, 0.1) is 6.92 Å². The van der Waals surface area contributed by atoms with Crippen LogP contribution in [0.1, 0.15) is 67.7 Å². The van der Waals surface area contributed by atoms with E-state index in [2.05, 4.69) is 43.0 Å². The maximum Gasteiger partial charge on any atom is 0.120 e. The van der Waals surface area contributed by atoms with Crippen molar-refractivity contribution in [2.45, 2.75) is 64.0 Å². The van der Waals surface area contributed by atoms with Crippen LogP contribution in [0.4, 0.5) is 0 Å². The maximum absolute atomic E-state index is 4.45. The average molecular weight is 314 g/mol. The summed E-state index contributed by atoms with van der Waals surface area (Å²) in [5.41, 5.74) is 2.35. The van der Waals surface area contributed by atoms with E-state index in [1.165, 1.54) is 31.4 Å². The van der Waals surface area contributed by atoms with Gasteiger partial charge in [-0.25, -0.2) is 9.67 Å². The van der Waals surface area contributed by atoms with Gasteiger partial charge < -0.3 is 4.98 Å². The number of rotatable bonds is 4. The molecule has 4 rings (SSSR count). The minimum Gasteiger partial charge on any atom is -0.345 e. The van der Waals surface area contributed by atoms with E-state index in [0.29, 0.717) is 12.0 Å². The normalized spacial score (nSPS) is 21.3. The van der Waals surface area contributed by atoms with E-state index in [4.69, 9.17) is 0 Å². The number of nitrogens with one attached hydrogen (secondary N) is 1. The lowest BCUT2D eigenvalue weighted by Crippen LogP contribution is -2.34. The molecular weight excluding hydrogens is 288 g/mol. The molecule has 2 aromatic rings. The Morgan fingerprint density at radius 3 is 2.65 bits per heavy atom. The van der Waals surface area contributed by atoms with E-state index in [1.807, 2.05) is 6.20 Å². The predicted octanol–water partition coefficient (Wildman–Crippen LogP) is 2.80. The third-order valence-electron chi connectivity index (χ3n) is 5.36. The summed E-state index contributed by atoms with van der Waals surface area (Å²) >= 11 is 0. The molecule has 3 heterocycles. The number of hydrogen-bond acceptors (Lipinski definition) is 4. The maximum atomic E-state index is 4.45. The van der Waals surface area contributed by atoms with Gasteiger partial charge >= 0.3 is 0 Å². The number of aromatic nitrogens is 5. The van der Waals surface area contributed by atoms with Gasteiger partial charge in [-0.1, -0.05) is 18.1 Å². The molecule has 0 unspecified atom stereocenters. The molecule has 2 aromatic heterocycles. The molecule has 6 nitrogen and oxygen atoms in total. The quantitative estimate of drug-likeness (QED) is 0.942. The zero-order chi connectivity index (χ0) is 15.6. The molecule has 0 radical (unpaired) electrons. The van der Waals surface area contributed by atoms with Gasteiger partial charge in [0.05, 0.1) is 18.3 Å². The van der Waals surface area contributed by atoms with Crippen molar-refractivity contribution in [3.05, 3.63) is 29.6 Å². The Kier molecular flexibility index (Phi) is 4.16. The minimum atomic E-state index is 0.507. The van der Waals surface area contributed by atoms with E-state index in [1.54, 1.807) is 0 Å². The summed E-state index contributed by atoms with van der Waals surface area (Å²) < 4.78 is 2.13. The second-order valence-corrected chi connectivity index (χ2v) is 7.13. The summed E-state index contributed by atoms with van der Waals surface area (Å²) in [6.07, 6.45) is 11.7. The van der Waals surface area contributed by atoms with Gasteiger partial charge in [0, 0.05) is 37.1 Å². The van der Waals surface area contributed by atoms with E-state index in [-0.39, 0.29) is 0 Å². The molecule has 1 saturated carbocycles. The van der Waals surface area contributed by atoms with E-state index >= 15 is 0 Å². The van der Waals surface area contributed by atoms with Crippen molar-refractivity contribution in [2.24, 2.45) is 0 Å². The summed E-state index contributed by atoms with van der Waals surface area (Å²) in [5, 5.41) is 8.87. The van der Waals surface area contributed by atoms with Crippen molar-refractivity contribution in [2.75, 3.05) is 13.1 Å². The molecule has 2 aliphatic rings. The Bertz CT molecular complexity index is 631. The Hall–Kier alpha value is -1.69. The summed E-state index contributed by atoms with van der Waals surface area (Å²) in [4.78, 5) is 10.2. The molecule has 1 aliphatic carbocycles. The first-order valence-corrected chi connectivity index (χ1v) is 8.92. The fourth-order valence-corrected chi connectivity index (χ4v) is 3.98. The molecule has 23 heavy (non-hydrogen) atoms. The lowest BCUT2D eigenvalue weighted by atomic mass is 10.0. The first-order valence-electron chi connectivity index (χ1n) is 8.92. The first-order chi connectivity index (χ1) is 11.3. The second-order valence-electron chi connectivity index (χ2n) is 7.13. The molecule has 2 fully saturated rings. The molecule has 1 N–H and O–H groups in total. The van der Waals surface area contributed by atoms with Gasteiger partial charge in [-0.3, -0.25) is 4.90 Å². The number of aromatic amines is 1. The van der Waals surface area contributed by atoms with Crippen molar-refractivity contribution >= 4 is 0 Å². The molecule has 1 saturated heterocycles. The van der Waals surface area contributed by atoms with Crippen LogP contribution < -0.4 is 0 Å². The molecule has 1 aliphatic heterocycles. The van der Waals surface area contributed by atoms with Crippen LogP contribution in [0.2, 0.25) is 0 Å². The molecule has 6 heteroatoms. The van der Waals surface area contributed by atoms with Gasteiger partial charge in [0.15, 0.2) is 0 Å². The average Bonchev–Trinajstić information content (AvgIpc) is 3.28. The first kappa shape index (κ1) is 14.9. The van der Waals surface area contributed by atoms with Gasteiger partial charge in [-0.15, -0.1) is 5.10 Å². The topological polar surface area (TPSA) is 62.6 Å². The summed E-state index contributed by atoms with van der Waals surface area (Å²) in [5.74, 6) is 1.73. The number of imidazole rings is 1. The van der Waals surface area contributed by atoms with Crippen LogP contribution in [-0.4, -0.2) is 43.0 Å². The summed E-state index contributed by atoms with van der Waals surface area (Å²) in [6.45, 7) is 5.17. The third-order valence-corrected chi connectivity index (χ3v) is 5.36. The van der Waals surface area contributed by atoms with Crippen LogP contribution in [0.25, 0.3) is 0 Å². The van der Waals surface area contributed by atoms with Crippen LogP contribution >= 0.6 is 0 Å². The third kappa shape index (κ3) is 3.32. The zero-order valence-corrected chi connectivity index (χ0v) is 13.9. The number of nitrogens with zero attached hydrogens (tertiary/aromatic N) is 5. The van der Waals surface area contributed by atoms with Gasteiger partial charge in [0.1, 0.15) is 5.82 Å². The summed E-state index contributed by atoms with van der Waals surface area (Å²) in [7, 11) is 0. The molecule has 0 aromatic carbocycles. The Labute approximate surface area is 137 Å². The number of H-pyrrole nitrogens is 1. The molecule has 124 valence electrons. The number of piperidine rings is 1. The second kappa shape index (κ2) is 6.43. The van der Waals surface area contributed by atoms with Crippen LogP contribution in [0.3, 0.4) is 0 Å². The molecule has 0 amide bonds. The highest BCUT2D eigenvalue weighted by molar-refractivity contribution is 5.04. The van der Waals surface area contributed by atoms with Crippen molar-refractivity contribution in [3.8, 4) is 0 Å². The highest BCUT2D eigenvalue weighted by atomic mass is 15.4. The van der Waals surface area contributed by atoms with Gasteiger partial charge in [-0.2, -0.15) is 0 Å². The van der Waals surface area contributed by atoms with Crippen LogP contribution in [-0.2, 0) is 6.54 Å². The van der Waals surface area contributed by atoms with E-state index < -0.39 is 0 Å². The number of aryl methyl sites for hydroxylation is 1. The molecular formula is C17H26N6. The summed E-state index contributed by atoms with van der Waals surface area (Å²) in [6, 6.07) is 0.507. The van der Waals surface area contributed by atoms with Crippen molar-refractivity contribution in [3.63, 3.8) is 0 Å². The Balaban J connectivity index is 1.32. The van der Waals surface area contributed by atoms with Gasteiger partial charge in [0.2, 0.25) is 0 Å². The highest BCUT2D eigenvalue weighted by Gasteiger charge is 2.24. The Morgan fingerprint density at radius 2 is 1.96 bits per heavy atom. The fourth-order valence-electron chi connectivity index (χ4n) is 3.98. The van der Waals surface area contributed by atoms with Crippen LogP contribution in [0.5, 0.6) is 0 Å². The monoisotopic (exact) mass is 314 g/mol. The van der Waals surface area contributed by atoms with Gasteiger partial charge in [0.25, 0.3) is 0 Å². The lowest BCUT2D eigenvalue weighted by molar-refractivity contribution is 0.169. The van der Waals surface area contributed by atoms with Gasteiger partial charge in [-0.05, 0) is 32.6 Å². The number of hydrogen-bond donors (Lipinski definition) is 1. The predicted molar refractivity (Wildman–Crippen MR) is 88.1 cm³/mol. The van der Waals surface area contributed by atoms with Crippen molar-refractivity contribution < 1.29 is 0 Å². The van der Waals surface area contributed by atoms with Crippen molar-refractivity contribution in [1.82, 2.24) is 29.9 Å². The molecule has 0 atom stereocenters. The molecule has 0 spiro atoms. The fraction of sp³-hybridized carbons (Fsp3) is 0.706. The lowest BCUT2D eigenvalue weighted by Gasteiger charge is -2.31. The minimum absolute atomic E-state index is 0.507. The molecule has 0 bridgehead atoms. The van der Waals surface area contributed by atoms with E-state index in [9.17, 15) is 0 Å².